The van der Waals surface area contributed by atoms with Crippen LogP contribution in [-0.2, 0) is 15.7 Å². The van der Waals surface area contributed by atoms with Crippen molar-refractivity contribution in [1.29, 1.82) is 0 Å². The minimum absolute atomic E-state index is 0.296. The molecule has 178 valence electrons. The van der Waals surface area contributed by atoms with Crippen LogP contribution in [0.1, 0.15) is 37.9 Å². The van der Waals surface area contributed by atoms with Crippen molar-refractivity contribution in [3.05, 3.63) is 65.7 Å². The third-order valence-electron chi connectivity index (χ3n) is 5.17. The number of benzene rings is 2. The smallest absolute Gasteiger partial charge is 0.416 e. The van der Waals surface area contributed by atoms with Crippen molar-refractivity contribution in [1.82, 2.24) is 10.2 Å². The first-order chi connectivity index (χ1) is 15.4. The highest BCUT2D eigenvalue weighted by atomic mass is 19.4. The van der Waals surface area contributed by atoms with Gasteiger partial charge >= 0.3 is 12.3 Å². The summed E-state index contributed by atoms with van der Waals surface area (Å²) >= 11 is 0. The van der Waals surface area contributed by atoms with Crippen molar-refractivity contribution in [3.63, 3.8) is 0 Å². The number of amides is 2. The second kappa shape index (κ2) is 9.72. The molecule has 0 radical (unpaired) electrons. The number of rotatable bonds is 4. The highest BCUT2D eigenvalue weighted by Crippen LogP contribution is 2.32. The van der Waals surface area contributed by atoms with E-state index < -0.39 is 29.5 Å². The number of halogens is 3. The number of alkyl halides is 3. The lowest BCUT2D eigenvalue weighted by molar-refractivity contribution is -0.137. The molecule has 2 aromatic carbocycles. The number of carbonyl (C=O) groups excluding carboxylic acids is 2. The van der Waals surface area contributed by atoms with E-state index in [2.05, 4.69) is 5.32 Å². The average Bonchev–Trinajstić information content (AvgIpc) is 2.76. The third-order valence-corrected chi connectivity index (χ3v) is 5.17. The fourth-order valence-electron chi connectivity index (χ4n) is 3.61. The topological polar surface area (TPSA) is 61.9 Å². The number of nitrogens with zero attached hydrogens (tertiary/aromatic N) is 2. The van der Waals surface area contributed by atoms with Crippen LogP contribution in [0.4, 0.5) is 23.7 Å². The molecule has 6 nitrogen and oxygen atoms in total. The maximum Gasteiger partial charge on any atom is 0.416 e. The van der Waals surface area contributed by atoms with Crippen LogP contribution in [0.5, 0.6) is 0 Å². The molecule has 9 heteroatoms. The van der Waals surface area contributed by atoms with Crippen molar-refractivity contribution in [2.75, 3.05) is 31.1 Å². The molecule has 1 saturated heterocycles. The number of hydrogen-bond acceptors (Lipinski definition) is 4. The van der Waals surface area contributed by atoms with E-state index in [1.807, 2.05) is 11.0 Å². The first-order valence-corrected chi connectivity index (χ1v) is 10.7. The van der Waals surface area contributed by atoms with E-state index >= 15 is 0 Å². The van der Waals surface area contributed by atoms with Gasteiger partial charge in [0.15, 0.2) is 0 Å². The van der Waals surface area contributed by atoms with E-state index in [0.717, 1.165) is 12.1 Å². The van der Waals surface area contributed by atoms with E-state index in [-0.39, 0.29) is 5.91 Å². The maximum absolute atomic E-state index is 13.3. The lowest BCUT2D eigenvalue weighted by Gasteiger charge is -2.38. The third kappa shape index (κ3) is 6.63. The second-order valence-corrected chi connectivity index (χ2v) is 8.85. The van der Waals surface area contributed by atoms with E-state index in [9.17, 15) is 22.8 Å². The molecular formula is C24H28F3N3O3. The second-order valence-electron chi connectivity index (χ2n) is 8.85. The maximum atomic E-state index is 13.3. The van der Waals surface area contributed by atoms with Gasteiger partial charge < -0.3 is 19.9 Å². The van der Waals surface area contributed by atoms with Crippen LogP contribution >= 0.6 is 0 Å². The molecule has 1 aliphatic rings. The molecule has 1 heterocycles. The Balaban J connectivity index is 1.70. The van der Waals surface area contributed by atoms with E-state index in [1.54, 1.807) is 56.0 Å². The lowest BCUT2D eigenvalue weighted by atomic mass is 10.1. The SMILES string of the molecule is CC(C)(C)OC(=O)N[C@@H](C(=O)N1CCN(c2cccc(C(F)(F)F)c2)CC1)c1ccccc1. The van der Waals surface area contributed by atoms with Gasteiger partial charge in [0.2, 0.25) is 5.91 Å². The van der Waals surface area contributed by atoms with Gasteiger partial charge in [-0.1, -0.05) is 36.4 Å². The summed E-state index contributed by atoms with van der Waals surface area (Å²) in [5.74, 6) is -0.296. The number of carbonyl (C=O) groups is 2. The zero-order chi connectivity index (χ0) is 24.2. The van der Waals surface area contributed by atoms with Gasteiger partial charge in [-0.25, -0.2) is 4.79 Å². The Morgan fingerprint density at radius 3 is 2.15 bits per heavy atom. The van der Waals surface area contributed by atoms with Gasteiger partial charge in [0, 0.05) is 31.9 Å². The van der Waals surface area contributed by atoms with Crippen LogP contribution in [0.2, 0.25) is 0 Å². The molecule has 33 heavy (non-hydrogen) atoms. The quantitative estimate of drug-likeness (QED) is 0.719. The standard InChI is InChI=1S/C24H28F3N3O3/c1-23(2,3)33-22(32)28-20(17-8-5-4-6-9-17)21(31)30-14-12-29(13-15-30)19-11-7-10-18(16-19)24(25,26)27/h4-11,16,20H,12-15H2,1-3H3,(H,28,32)/t20-/m1/s1. The van der Waals surface area contributed by atoms with Crippen LogP contribution in [0.15, 0.2) is 54.6 Å². The molecule has 1 fully saturated rings. The molecule has 0 unspecified atom stereocenters. The largest absolute Gasteiger partial charge is 0.444 e. The molecule has 2 amide bonds. The van der Waals surface area contributed by atoms with Gasteiger partial charge in [-0.05, 0) is 44.5 Å². The van der Waals surface area contributed by atoms with Crippen molar-refractivity contribution in [3.8, 4) is 0 Å². The Labute approximate surface area is 191 Å². The monoisotopic (exact) mass is 463 g/mol. The molecule has 1 N–H and O–H groups in total. The molecule has 3 rings (SSSR count). The normalized spacial score (nSPS) is 15.7. The molecule has 0 aliphatic carbocycles. The van der Waals surface area contributed by atoms with Crippen LogP contribution in [0.3, 0.4) is 0 Å². The van der Waals surface area contributed by atoms with Crippen molar-refractivity contribution < 1.29 is 27.5 Å². The number of hydrogen-bond donors (Lipinski definition) is 1. The van der Waals surface area contributed by atoms with Crippen LogP contribution in [0.25, 0.3) is 0 Å². The highest BCUT2D eigenvalue weighted by Gasteiger charge is 2.33. The van der Waals surface area contributed by atoms with E-state index in [0.29, 0.717) is 37.4 Å². The Hall–Kier alpha value is -3.23. The van der Waals surface area contributed by atoms with Gasteiger partial charge in [0.1, 0.15) is 11.6 Å². The predicted octanol–water partition coefficient (Wildman–Crippen LogP) is 4.62. The Bertz CT molecular complexity index is 966. The molecule has 0 spiro atoms. The van der Waals surface area contributed by atoms with Crippen molar-refractivity contribution in [2.24, 2.45) is 0 Å². The fourth-order valence-corrected chi connectivity index (χ4v) is 3.61. The van der Waals surface area contributed by atoms with Gasteiger partial charge in [0.05, 0.1) is 5.56 Å². The van der Waals surface area contributed by atoms with Gasteiger partial charge in [-0.3, -0.25) is 4.79 Å². The Morgan fingerprint density at radius 2 is 1.58 bits per heavy atom. The van der Waals surface area contributed by atoms with Gasteiger partial charge in [-0.15, -0.1) is 0 Å². The minimum Gasteiger partial charge on any atom is -0.444 e. The molecule has 1 aliphatic heterocycles. The number of anilines is 1. The molecule has 0 saturated carbocycles. The average molecular weight is 464 g/mol. The summed E-state index contributed by atoms with van der Waals surface area (Å²) in [4.78, 5) is 29.1. The summed E-state index contributed by atoms with van der Waals surface area (Å²) in [6.45, 7) is 6.58. The number of ether oxygens (including phenoxy) is 1. The summed E-state index contributed by atoms with van der Waals surface area (Å²) in [5, 5.41) is 2.66. The number of nitrogens with one attached hydrogen (secondary N) is 1. The Kier molecular flexibility index (Phi) is 7.19. The van der Waals surface area contributed by atoms with E-state index in [1.165, 1.54) is 6.07 Å². The summed E-state index contributed by atoms with van der Waals surface area (Å²) < 4.78 is 44.5. The van der Waals surface area contributed by atoms with Gasteiger partial charge in [-0.2, -0.15) is 13.2 Å². The molecular weight excluding hydrogens is 435 g/mol. The number of alkyl carbamates (subject to hydrolysis) is 1. The zero-order valence-electron chi connectivity index (χ0n) is 18.9. The minimum atomic E-state index is -4.41. The van der Waals surface area contributed by atoms with Crippen LogP contribution in [-0.4, -0.2) is 48.7 Å². The summed E-state index contributed by atoms with van der Waals surface area (Å²) in [7, 11) is 0. The molecule has 0 bridgehead atoms. The van der Waals surface area contributed by atoms with Gasteiger partial charge in [0.25, 0.3) is 0 Å². The van der Waals surface area contributed by atoms with E-state index in [4.69, 9.17) is 4.74 Å². The Morgan fingerprint density at radius 1 is 0.939 bits per heavy atom. The first kappa shape index (κ1) is 24.4. The molecule has 1 atom stereocenters. The van der Waals surface area contributed by atoms with Crippen LogP contribution in [0, 0.1) is 0 Å². The fraction of sp³-hybridized carbons (Fsp3) is 0.417. The zero-order valence-corrected chi connectivity index (χ0v) is 18.9. The molecule has 2 aromatic rings. The number of piperazine rings is 1. The summed E-state index contributed by atoms with van der Waals surface area (Å²) in [6.07, 6.45) is -5.11. The lowest BCUT2D eigenvalue weighted by Crippen LogP contribution is -2.52. The summed E-state index contributed by atoms with van der Waals surface area (Å²) in [5.41, 5.74) is -0.341. The van der Waals surface area contributed by atoms with Crippen molar-refractivity contribution in [2.45, 2.75) is 38.6 Å². The highest BCUT2D eigenvalue weighted by molar-refractivity contribution is 5.87. The summed E-state index contributed by atoms with van der Waals surface area (Å²) in [6, 6.07) is 13.1. The van der Waals surface area contributed by atoms with Crippen LogP contribution < -0.4 is 10.2 Å². The predicted molar refractivity (Wildman–Crippen MR) is 119 cm³/mol. The van der Waals surface area contributed by atoms with Crippen molar-refractivity contribution >= 4 is 17.7 Å². The molecule has 0 aromatic heterocycles. The first-order valence-electron chi connectivity index (χ1n) is 10.7.